The zero-order valence-corrected chi connectivity index (χ0v) is 13.3. The third kappa shape index (κ3) is 6.20. The van der Waals surface area contributed by atoms with Crippen molar-refractivity contribution in [1.29, 1.82) is 0 Å². The molecule has 0 amide bonds. The van der Waals surface area contributed by atoms with Crippen molar-refractivity contribution in [2.75, 3.05) is 12.3 Å². The van der Waals surface area contributed by atoms with Crippen molar-refractivity contribution in [3.8, 4) is 0 Å². The second-order valence-corrected chi connectivity index (χ2v) is 6.97. The number of hydrogen-bond donors (Lipinski definition) is 1. The van der Waals surface area contributed by atoms with Crippen molar-refractivity contribution < 1.29 is 0 Å². The van der Waals surface area contributed by atoms with E-state index in [1.54, 1.807) is 0 Å². The fourth-order valence-electron chi connectivity index (χ4n) is 2.19. The highest BCUT2D eigenvalue weighted by Crippen LogP contribution is 2.34. The van der Waals surface area contributed by atoms with Crippen molar-refractivity contribution >= 4 is 23.4 Å². The van der Waals surface area contributed by atoms with Gasteiger partial charge in [-0.1, -0.05) is 37.4 Å². The lowest BCUT2D eigenvalue weighted by atomic mass is 10.1. The van der Waals surface area contributed by atoms with Crippen LogP contribution in [0.15, 0.2) is 29.2 Å². The predicted molar refractivity (Wildman–Crippen MR) is 86.2 cm³/mol. The Kier molecular flexibility index (Phi) is 6.55. The number of thioether (sulfide) groups is 1. The van der Waals surface area contributed by atoms with Gasteiger partial charge in [0.15, 0.2) is 0 Å². The van der Waals surface area contributed by atoms with Gasteiger partial charge in [-0.3, -0.25) is 0 Å². The van der Waals surface area contributed by atoms with Gasteiger partial charge in [-0.15, -0.1) is 11.8 Å². The largest absolute Gasteiger partial charge is 0.313 e. The van der Waals surface area contributed by atoms with Crippen LogP contribution >= 0.6 is 23.4 Å². The maximum Gasteiger partial charge on any atom is 0.0417 e. The molecule has 0 radical (unpaired) electrons. The quantitative estimate of drug-likeness (QED) is 0.644. The predicted octanol–water partition coefficient (Wildman–Crippen LogP) is 4.99. The maximum atomic E-state index is 6.03. The average molecular weight is 298 g/mol. The summed E-state index contributed by atoms with van der Waals surface area (Å²) in [6.07, 6.45) is 6.85. The Labute approximate surface area is 126 Å². The van der Waals surface area contributed by atoms with E-state index in [0.717, 1.165) is 23.2 Å². The summed E-state index contributed by atoms with van der Waals surface area (Å²) in [5.74, 6) is 2.18. The van der Waals surface area contributed by atoms with E-state index >= 15 is 0 Å². The van der Waals surface area contributed by atoms with E-state index in [1.807, 2.05) is 23.9 Å². The second kappa shape index (κ2) is 8.18. The SMILES string of the molecule is CCCNC(CCC1CC1)CSc1cccc(Cl)c1. The van der Waals surface area contributed by atoms with Crippen molar-refractivity contribution in [2.24, 2.45) is 5.92 Å². The first-order valence-corrected chi connectivity index (χ1v) is 8.76. The number of hydrogen-bond acceptors (Lipinski definition) is 2. The first kappa shape index (κ1) is 15.2. The van der Waals surface area contributed by atoms with Gasteiger partial charge in [0.1, 0.15) is 0 Å². The standard InChI is InChI=1S/C16H24ClNS/c1-2-10-18-15(9-8-13-6-7-13)12-19-16-5-3-4-14(17)11-16/h3-5,11,13,15,18H,2,6-10,12H2,1H3. The third-order valence-corrected chi connectivity index (χ3v) is 4.94. The summed E-state index contributed by atoms with van der Waals surface area (Å²) in [5, 5.41) is 4.52. The van der Waals surface area contributed by atoms with Crippen molar-refractivity contribution in [3.05, 3.63) is 29.3 Å². The zero-order valence-electron chi connectivity index (χ0n) is 11.7. The van der Waals surface area contributed by atoms with Crippen LogP contribution in [0.25, 0.3) is 0 Å². The maximum absolute atomic E-state index is 6.03. The van der Waals surface area contributed by atoms with E-state index in [1.165, 1.54) is 37.0 Å². The number of nitrogens with one attached hydrogen (secondary N) is 1. The molecule has 0 spiro atoms. The lowest BCUT2D eigenvalue weighted by molar-refractivity contribution is 0.489. The highest BCUT2D eigenvalue weighted by Gasteiger charge is 2.22. The van der Waals surface area contributed by atoms with Crippen LogP contribution in [0.3, 0.4) is 0 Å². The molecule has 1 fully saturated rings. The Balaban J connectivity index is 1.76. The molecule has 0 heterocycles. The first-order chi connectivity index (χ1) is 9.28. The van der Waals surface area contributed by atoms with Gasteiger partial charge in [0.25, 0.3) is 0 Å². The number of benzene rings is 1. The Morgan fingerprint density at radius 1 is 1.42 bits per heavy atom. The molecule has 1 N–H and O–H groups in total. The molecule has 1 unspecified atom stereocenters. The van der Waals surface area contributed by atoms with Crippen LogP contribution in [0.5, 0.6) is 0 Å². The topological polar surface area (TPSA) is 12.0 Å². The van der Waals surface area contributed by atoms with Crippen LogP contribution in [-0.2, 0) is 0 Å². The van der Waals surface area contributed by atoms with Gasteiger partial charge >= 0.3 is 0 Å². The van der Waals surface area contributed by atoms with Crippen LogP contribution in [0.4, 0.5) is 0 Å². The summed E-state index contributed by atoms with van der Waals surface area (Å²) in [4.78, 5) is 1.28. The average Bonchev–Trinajstić information content (AvgIpc) is 3.22. The van der Waals surface area contributed by atoms with Gasteiger partial charge in [0.05, 0.1) is 0 Å². The van der Waals surface area contributed by atoms with Gasteiger partial charge in [-0.25, -0.2) is 0 Å². The molecular formula is C16H24ClNS. The Morgan fingerprint density at radius 3 is 2.95 bits per heavy atom. The summed E-state index contributed by atoms with van der Waals surface area (Å²) in [7, 11) is 0. The Morgan fingerprint density at radius 2 is 2.26 bits per heavy atom. The molecule has 3 heteroatoms. The smallest absolute Gasteiger partial charge is 0.0417 e. The summed E-state index contributed by atoms with van der Waals surface area (Å²) in [5.41, 5.74) is 0. The van der Waals surface area contributed by atoms with Gasteiger partial charge in [-0.05, 0) is 49.9 Å². The molecule has 2 rings (SSSR count). The second-order valence-electron chi connectivity index (χ2n) is 5.44. The van der Waals surface area contributed by atoms with Crippen LogP contribution in [0, 0.1) is 5.92 Å². The molecule has 1 nitrogen and oxygen atoms in total. The van der Waals surface area contributed by atoms with E-state index in [4.69, 9.17) is 11.6 Å². The minimum atomic E-state index is 0.643. The lowest BCUT2D eigenvalue weighted by Crippen LogP contribution is -2.32. The summed E-state index contributed by atoms with van der Waals surface area (Å²) < 4.78 is 0. The summed E-state index contributed by atoms with van der Waals surface area (Å²) in [6.45, 7) is 3.36. The van der Waals surface area contributed by atoms with E-state index in [0.29, 0.717) is 6.04 Å². The fraction of sp³-hybridized carbons (Fsp3) is 0.625. The molecule has 1 aromatic rings. The third-order valence-electron chi connectivity index (χ3n) is 3.55. The summed E-state index contributed by atoms with van der Waals surface area (Å²) in [6, 6.07) is 8.82. The Hall–Kier alpha value is -0.180. The molecule has 1 aliphatic rings. The van der Waals surface area contributed by atoms with E-state index in [9.17, 15) is 0 Å². The molecule has 1 atom stereocenters. The monoisotopic (exact) mass is 297 g/mol. The highest BCUT2D eigenvalue weighted by molar-refractivity contribution is 7.99. The van der Waals surface area contributed by atoms with Gasteiger partial charge in [0, 0.05) is 21.7 Å². The van der Waals surface area contributed by atoms with Gasteiger partial charge in [-0.2, -0.15) is 0 Å². The molecule has 1 saturated carbocycles. The van der Waals surface area contributed by atoms with E-state index in [2.05, 4.69) is 24.4 Å². The van der Waals surface area contributed by atoms with Crippen molar-refractivity contribution in [1.82, 2.24) is 5.32 Å². The van der Waals surface area contributed by atoms with E-state index < -0.39 is 0 Å². The molecule has 19 heavy (non-hydrogen) atoms. The normalized spacial score (nSPS) is 16.5. The molecule has 1 aromatic carbocycles. The molecule has 0 saturated heterocycles. The summed E-state index contributed by atoms with van der Waals surface area (Å²) >= 11 is 7.94. The van der Waals surface area contributed by atoms with Crippen molar-refractivity contribution in [2.45, 2.75) is 50.0 Å². The minimum absolute atomic E-state index is 0.643. The van der Waals surface area contributed by atoms with Crippen LogP contribution < -0.4 is 5.32 Å². The Bertz CT molecular complexity index is 379. The van der Waals surface area contributed by atoms with Gasteiger partial charge < -0.3 is 5.32 Å². The van der Waals surface area contributed by atoms with Crippen LogP contribution in [0.1, 0.15) is 39.0 Å². The van der Waals surface area contributed by atoms with Gasteiger partial charge in [0.2, 0.25) is 0 Å². The molecule has 1 aliphatic carbocycles. The molecule has 0 aromatic heterocycles. The van der Waals surface area contributed by atoms with E-state index in [-0.39, 0.29) is 0 Å². The number of rotatable bonds is 9. The highest BCUT2D eigenvalue weighted by atomic mass is 35.5. The molecule has 0 bridgehead atoms. The van der Waals surface area contributed by atoms with Crippen molar-refractivity contribution in [3.63, 3.8) is 0 Å². The van der Waals surface area contributed by atoms with Crippen LogP contribution in [0.2, 0.25) is 5.02 Å². The first-order valence-electron chi connectivity index (χ1n) is 7.39. The number of halogens is 1. The van der Waals surface area contributed by atoms with Crippen LogP contribution in [-0.4, -0.2) is 18.3 Å². The zero-order chi connectivity index (χ0) is 13.5. The minimum Gasteiger partial charge on any atom is -0.313 e. The molecule has 106 valence electrons. The molecule has 0 aliphatic heterocycles. The fourth-order valence-corrected chi connectivity index (χ4v) is 3.51. The lowest BCUT2D eigenvalue weighted by Gasteiger charge is -2.18. The molecular weight excluding hydrogens is 274 g/mol.